The molecule has 4 nitrogen and oxygen atoms in total. The first-order chi connectivity index (χ1) is 8.93. The van der Waals surface area contributed by atoms with Crippen molar-refractivity contribution < 1.29 is 9.31 Å². The zero-order valence-corrected chi connectivity index (χ0v) is 11.6. The molecule has 106 valence electrons. The van der Waals surface area contributed by atoms with Gasteiger partial charge in [-0.15, -0.1) is 0 Å². The van der Waals surface area contributed by atoms with Gasteiger partial charge in [0.1, 0.15) is 5.82 Å². The fraction of sp³-hybridized carbons (Fsp3) is 0.571. The average molecular weight is 268 g/mol. The standard InChI is InChI=1S/C14H21FN2O2/c1-4-5-16-11(3)10(2)6-12-7-13(15)9-14(8-12)17(18)19/h7-11,16H,4-6H2,1-3H3. The van der Waals surface area contributed by atoms with Crippen LogP contribution in [0.15, 0.2) is 18.2 Å². The van der Waals surface area contributed by atoms with Gasteiger partial charge in [-0.25, -0.2) is 4.39 Å². The molecule has 0 bridgehead atoms. The van der Waals surface area contributed by atoms with Gasteiger partial charge in [-0.05, 0) is 43.9 Å². The number of hydrogen-bond acceptors (Lipinski definition) is 3. The highest BCUT2D eigenvalue weighted by Crippen LogP contribution is 2.20. The van der Waals surface area contributed by atoms with E-state index in [1.807, 2.05) is 0 Å². The summed E-state index contributed by atoms with van der Waals surface area (Å²) in [4.78, 5) is 10.1. The molecule has 0 spiro atoms. The lowest BCUT2D eigenvalue weighted by Crippen LogP contribution is -2.33. The molecular weight excluding hydrogens is 247 g/mol. The molecule has 0 amide bonds. The van der Waals surface area contributed by atoms with Gasteiger partial charge in [0.15, 0.2) is 0 Å². The van der Waals surface area contributed by atoms with Crippen molar-refractivity contribution in [3.8, 4) is 0 Å². The third-order valence-corrected chi connectivity index (χ3v) is 3.28. The van der Waals surface area contributed by atoms with Crippen molar-refractivity contribution in [1.82, 2.24) is 5.32 Å². The third-order valence-electron chi connectivity index (χ3n) is 3.28. The molecule has 1 N–H and O–H groups in total. The van der Waals surface area contributed by atoms with Crippen molar-refractivity contribution in [3.63, 3.8) is 0 Å². The Morgan fingerprint density at radius 1 is 1.37 bits per heavy atom. The summed E-state index contributed by atoms with van der Waals surface area (Å²) in [5, 5.41) is 14.1. The van der Waals surface area contributed by atoms with Gasteiger partial charge >= 0.3 is 0 Å². The Morgan fingerprint density at radius 3 is 2.63 bits per heavy atom. The fourth-order valence-electron chi connectivity index (χ4n) is 1.98. The minimum atomic E-state index is -0.560. The van der Waals surface area contributed by atoms with Crippen LogP contribution in [-0.4, -0.2) is 17.5 Å². The molecule has 19 heavy (non-hydrogen) atoms. The van der Waals surface area contributed by atoms with Crippen molar-refractivity contribution >= 4 is 5.69 Å². The SMILES string of the molecule is CCCNC(C)C(C)Cc1cc(F)cc([N+](=O)[O-])c1. The number of nitrogens with zero attached hydrogens (tertiary/aromatic N) is 1. The van der Waals surface area contributed by atoms with Crippen LogP contribution in [0.25, 0.3) is 0 Å². The van der Waals surface area contributed by atoms with Gasteiger partial charge in [0.2, 0.25) is 0 Å². The Morgan fingerprint density at radius 2 is 2.05 bits per heavy atom. The molecule has 0 heterocycles. The van der Waals surface area contributed by atoms with Crippen molar-refractivity contribution in [2.75, 3.05) is 6.54 Å². The van der Waals surface area contributed by atoms with Gasteiger partial charge < -0.3 is 5.32 Å². The highest BCUT2D eigenvalue weighted by Gasteiger charge is 2.15. The van der Waals surface area contributed by atoms with Gasteiger partial charge in [0.25, 0.3) is 5.69 Å². The van der Waals surface area contributed by atoms with Crippen LogP contribution >= 0.6 is 0 Å². The topological polar surface area (TPSA) is 55.2 Å². The molecule has 2 atom stereocenters. The molecule has 1 aromatic rings. The lowest BCUT2D eigenvalue weighted by atomic mass is 9.94. The molecule has 0 fully saturated rings. The quantitative estimate of drug-likeness (QED) is 0.609. The molecule has 0 aromatic heterocycles. The second-order valence-corrected chi connectivity index (χ2v) is 5.00. The predicted octanol–water partition coefficient (Wildman–Crippen LogP) is 3.30. The number of rotatable bonds is 7. The monoisotopic (exact) mass is 268 g/mol. The van der Waals surface area contributed by atoms with Crippen molar-refractivity contribution in [1.29, 1.82) is 0 Å². The molecule has 0 radical (unpaired) electrons. The van der Waals surface area contributed by atoms with E-state index in [1.54, 1.807) is 0 Å². The van der Waals surface area contributed by atoms with E-state index in [4.69, 9.17) is 0 Å². The van der Waals surface area contributed by atoms with Crippen LogP contribution in [0.1, 0.15) is 32.8 Å². The van der Waals surface area contributed by atoms with Crippen LogP contribution in [0.4, 0.5) is 10.1 Å². The maximum absolute atomic E-state index is 13.3. The Labute approximate surface area is 113 Å². The minimum Gasteiger partial charge on any atom is -0.314 e. The summed E-state index contributed by atoms with van der Waals surface area (Å²) < 4.78 is 13.3. The van der Waals surface area contributed by atoms with Crippen LogP contribution in [0, 0.1) is 21.8 Å². The number of nitro benzene ring substituents is 1. The number of nitro groups is 1. The first kappa shape index (κ1) is 15.6. The van der Waals surface area contributed by atoms with Gasteiger partial charge in [-0.2, -0.15) is 0 Å². The summed E-state index contributed by atoms with van der Waals surface area (Å²) in [6.07, 6.45) is 1.68. The van der Waals surface area contributed by atoms with E-state index in [-0.39, 0.29) is 11.6 Å². The molecule has 0 saturated heterocycles. The molecule has 2 unspecified atom stereocenters. The number of hydrogen-bond donors (Lipinski definition) is 1. The second kappa shape index (κ2) is 7.19. The summed E-state index contributed by atoms with van der Waals surface area (Å²) in [7, 11) is 0. The molecule has 0 aliphatic heterocycles. The predicted molar refractivity (Wildman–Crippen MR) is 73.7 cm³/mol. The Bertz CT molecular complexity index is 437. The number of halogens is 1. The molecule has 1 rings (SSSR count). The summed E-state index contributed by atoms with van der Waals surface area (Å²) in [6, 6.07) is 4.07. The van der Waals surface area contributed by atoms with E-state index in [0.717, 1.165) is 19.0 Å². The highest BCUT2D eigenvalue weighted by molar-refractivity contribution is 5.35. The molecular formula is C14H21FN2O2. The molecule has 1 aromatic carbocycles. The normalized spacial score (nSPS) is 14.1. The molecule has 0 saturated carbocycles. The van der Waals surface area contributed by atoms with Gasteiger partial charge in [-0.3, -0.25) is 10.1 Å². The fourth-order valence-corrected chi connectivity index (χ4v) is 1.98. The number of benzene rings is 1. The average Bonchev–Trinajstić information content (AvgIpc) is 2.34. The van der Waals surface area contributed by atoms with Crippen LogP contribution < -0.4 is 5.32 Å². The lowest BCUT2D eigenvalue weighted by molar-refractivity contribution is -0.385. The molecule has 5 heteroatoms. The van der Waals surface area contributed by atoms with Crippen molar-refractivity contribution in [3.05, 3.63) is 39.7 Å². The first-order valence-corrected chi connectivity index (χ1v) is 6.61. The Hall–Kier alpha value is -1.49. The summed E-state index contributed by atoms with van der Waals surface area (Å²) in [5.74, 6) is -0.265. The minimum absolute atomic E-state index is 0.184. The maximum Gasteiger partial charge on any atom is 0.272 e. The van der Waals surface area contributed by atoms with E-state index in [2.05, 4.69) is 26.1 Å². The van der Waals surface area contributed by atoms with E-state index in [9.17, 15) is 14.5 Å². The van der Waals surface area contributed by atoms with Crippen molar-refractivity contribution in [2.24, 2.45) is 5.92 Å². The molecule has 0 aliphatic rings. The lowest BCUT2D eigenvalue weighted by Gasteiger charge is -2.21. The first-order valence-electron chi connectivity index (χ1n) is 6.61. The zero-order valence-electron chi connectivity index (χ0n) is 11.6. The number of nitrogens with one attached hydrogen (secondary N) is 1. The van der Waals surface area contributed by atoms with E-state index in [0.29, 0.717) is 18.0 Å². The van der Waals surface area contributed by atoms with Crippen LogP contribution in [0.2, 0.25) is 0 Å². The van der Waals surface area contributed by atoms with Crippen LogP contribution in [-0.2, 0) is 6.42 Å². The molecule has 0 aliphatic carbocycles. The zero-order chi connectivity index (χ0) is 14.4. The maximum atomic E-state index is 13.3. The smallest absolute Gasteiger partial charge is 0.272 e. The van der Waals surface area contributed by atoms with E-state index < -0.39 is 10.7 Å². The Kier molecular flexibility index (Phi) is 5.89. The summed E-state index contributed by atoms with van der Waals surface area (Å²) in [6.45, 7) is 7.17. The van der Waals surface area contributed by atoms with Crippen LogP contribution in [0.3, 0.4) is 0 Å². The van der Waals surface area contributed by atoms with Crippen LogP contribution in [0.5, 0.6) is 0 Å². The van der Waals surface area contributed by atoms with E-state index >= 15 is 0 Å². The summed E-state index contributed by atoms with van der Waals surface area (Å²) in [5.41, 5.74) is 0.487. The largest absolute Gasteiger partial charge is 0.314 e. The van der Waals surface area contributed by atoms with Gasteiger partial charge in [0.05, 0.1) is 11.0 Å². The second-order valence-electron chi connectivity index (χ2n) is 5.00. The number of non-ortho nitro benzene ring substituents is 1. The highest BCUT2D eigenvalue weighted by atomic mass is 19.1. The van der Waals surface area contributed by atoms with Gasteiger partial charge in [-0.1, -0.05) is 13.8 Å². The van der Waals surface area contributed by atoms with Gasteiger partial charge in [0, 0.05) is 12.1 Å². The Balaban J connectivity index is 2.73. The van der Waals surface area contributed by atoms with E-state index in [1.165, 1.54) is 12.1 Å². The summed E-state index contributed by atoms with van der Waals surface area (Å²) >= 11 is 0. The van der Waals surface area contributed by atoms with Crippen molar-refractivity contribution in [2.45, 2.75) is 39.7 Å². The third kappa shape index (κ3) is 4.95.